The molecule has 7 heteroatoms. The highest BCUT2D eigenvalue weighted by Gasteiger charge is 2.32. The Labute approximate surface area is 135 Å². The van der Waals surface area contributed by atoms with Gasteiger partial charge in [-0.15, -0.1) is 10.2 Å². The number of carbonyl (C=O) groups is 2. The molecule has 0 unspecified atom stereocenters. The molecule has 0 N–H and O–H groups in total. The van der Waals surface area contributed by atoms with Crippen LogP contribution in [0, 0.1) is 0 Å². The van der Waals surface area contributed by atoms with Gasteiger partial charge in [0.1, 0.15) is 0 Å². The maximum absolute atomic E-state index is 12.1. The zero-order valence-electron chi connectivity index (χ0n) is 13.5. The smallest absolute Gasteiger partial charge is 0.306 e. The second kappa shape index (κ2) is 7.10. The monoisotopic (exact) mass is 321 g/mol. The van der Waals surface area contributed by atoms with E-state index in [-0.39, 0.29) is 30.6 Å². The van der Waals surface area contributed by atoms with Gasteiger partial charge < -0.3 is 14.1 Å². The molecule has 7 nitrogen and oxygen atoms in total. The molecule has 1 saturated carbocycles. The van der Waals surface area contributed by atoms with Crippen molar-refractivity contribution in [2.24, 2.45) is 0 Å². The summed E-state index contributed by atoms with van der Waals surface area (Å²) in [4.78, 5) is 25.2. The van der Waals surface area contributed by atoms with Crippen LogP contribution in [0.4, 0.5) is 0 Å². The van der Waals surface area contributed by atoms with Crippen LogP contribution in [0.25, 0.3) is 0 Å². The largest absolute Gasteiger partial charge is 0.466 e. The van der Waals surface area contributed by atoms with Crippen molar-refractivity contribution in [1.29, 1.82) is 0 Å². The fraction of sp³-hybridized carbons (Fsp3) is 0.750. The number of ether oxygens (including phenoxy) is 1. The zero-order chi connectivity index (χ0) is 16.2. The predicted octanol–water partition coefficient (Wildman–Crippen LogP) is 2.00. The van der Waals surface area contributed by atoms with Crippen LogP contribution in [-0.2, 0) is 14.3 Å². The van der Waals surface area contributed by atoms with E-state index in [9.17, 15) is 9.59 Å². The molecule has 23 heavy (non-hydrogen) atoms. The summed E-state index contributed by atoms with van der Waals surface area (Å²) in [7, 11) is 0. The van der Waals surface area contributed by atoms with Gasteiger partial charge in [0.2, 0.25) is 17.7 Å². The van der Waals surface area contributed by atoms with Crippen LogP contribution < -0.4 is 0 Å². The van der Waals surface area contributed by atoms with E-state index in [1.54, 1.807) is 6.92 Å². The minimum Gasteiger partial charge on any atom is -0.466 e. The molecule has 1 saturated heterocycles. The number of likely N-dealkylation sites (tertiary alicyclic amines) is 1. The number of amides is 1. The Kier molecular flexibility index (Phi) is 4.93. The highest BCUT2D eigenvalue weighted by Crippen LogP contribution is 2.40. The van der Waals surface area contributed by atoms with E-state index in [0.717, 1.165) is 31.6 Å². The van der Waals surface area contributed by atoms with Gasteiger partial charge in [0.15, 0.2) is 0 Å². The Balaban J connectivity index is 1.43. The average Bonchev–Trinajstić information content (AvgIpc) is 3.30. The molecule has 2 heterocycles. The summed E-state index contributed by atoms with van der Waals surface area (Å²) in [5.74, 6) is 1.90. The molecule has 0 aromatic carbocycles. The Bertz CT molecular complexity index is 559. The average molecular weight is 321 g/mol. The molecule has 1 aromatic heterocycles. The van der Waals surface area contributed by atoms with Gasteiger partial charge in [0.25, 0.3) is 0 Å². The number of aromatic nitrogens is 2. The molecule has 1 aliphatic carbocycles. The third kappa shape index (κ3) is 4.09. The van der Waals surface area contributed by atoms with Crippen molar-refractivity contribution in [2.45, 2.75) is 57.3 Å². The van der Waals surface area contributed by atoms with Crippen LogP contribution in [0.2, 0.25) is 0 Å². The quantitative estimate of drug-likeness (QED) is 0.745. The number of nitrogens with zero attached hydrogens (tertiary/aromatic N) is 3. The molecular weight excluding hydrogens is 298 g/mol. The summed E-state index contributed by atoms with van der Waals surface area (Å²) < 4.78 is 10.6. The summed E-state index contributed by atoms with van der Waals surface area (Å²) in [6.45, 7) is 3.46. The van der Waals surface area contributed by atoms with Crippen molar-refractivity contribution in [2.75, 3.05) is 19.7 Å². The first-order valence-corrected chi connectivity index (χ1v) is 8.44. The van der Waals surface area contributed by atoms with E-state index in [1.165, 1.54) is 0 Å². The lowest BCUT2D eigenvalue weighted by molar-refractivity contribution is -0.145. The minimum atomic E-state index is -0.311. The standard InChI is InChI=1S/C16H23N3O4/c1-2-22-14(21)6-5-13(20)19-9-7-12(8-10-19)16-18-17-15(23-16)11-3-4-11/h11-12H,2-10H2,1H3. The van der Waals surface area contributed by atoms with Crippen molar-refractivity contribution >= 4 is 11.9 Å². The minimum absolute atomic E-state index is 0.0145. The molecule has 2 aliphatic rings. The van der Waals surface area contributed by atoms with Gasteiger partial charge in [-0.25, -0.2) is 0 Å². The van der Waals surface area contributed by atoms with Crippen LogP contribution in [-0.4, -0.2) is 46.7 Å². The summed E-state index contributed by atoms with van der Waals surface area (Å²) in [6.07, 6.45) is 4.33. The van der Waals surface area contributed by atoms with Crippen molar-refractivity contribution in [3.63, 3.8) is 0 Å². The number of carbonyl (C=O) groups excluding carboxylic acids is 2. The second-order valence-electron chi connectivity index (χ2n) is 6.21. The first-order chi connectivity index (χ1) is 11.2. The predicted molar refractivity (Wildman–Crippen MR) is 80.7 cm³/mol. The molecule has 126 valence electrons. The van der Waals surface area contributed by atoms with Gasteiger partial charge in [0.05, 0.1) is 13.0 Å². The highest BCUT2D eigenvalue weighted by molar-refractivity contribution is 5.81. The third-order valence-electron chi connectivity index (χ3n) is 4.43. The first-order valence-electron chi connectivity index (χ1n) is 8.44. The second-order valence-corrected chi connectivity index (χ2v) is 6.21. The summed E-state index contributed by atoms with van der Waals surface area (Å²) in [6, 6.07) is 0. The van der Waals surface area contributed by atoms with Gasteiger partial charge in [-0.05, 0) is 32.6 Å². The SMILES string of the molecule is CCOC(=O)CCC(=O)N1CCC(c2nnc(C3CC3)o2)CC1. The molecule has 1 amide bonds. The third-order valence-corrected chi connectivity index (χ3v) is 4.43. The summed E-state index contributed by atoms with van der Waals surface area (Å²) >= 11 is 0. The highest BCUT2D eigenvalue weighted by atomic mass is 16.5. The van der Waals surface area contributed by atoms with E-state index in [4.69, 9.17) is 9.15 Å². The molecule has 0 radical (unpaired) electrons. The van der Waals surface area contributed by atoms with Crippen LogP contribution in [0.1, 0.15) is 69.1 Å². The van der Waals surface area contributed by atoms with E-state index in [1.807, 2.05) is 4.90 Å². The van der Waals surface area contributed by atoms with E-state index < -0.39 is 0 Å². The first kappa shape index (κ1) is 16.0. The van der Waals surface area contributed by atoms with Crippen LogP contribution >= 0.6 is 0 Å². The maximum atomic E-state index is 12.1. The Morgan fingerprint density at radius 1 is 1.09 bits per heavy atom. The van der Waals surface area contributed by atoms with Crippen molar-refractivity contribution in [3.8, 4) is 0 Å². The van der Waals surface area contributed by atoms with Crippen molar-refractivity contribution < 1.29 is 18.7 Å². The molecule has 0 atom stereocenters. The number of hydrogen-bond donors (Lipinski definition) is 0. The molecule has 3 rings (SSSR count). The van der Waals surface area contributed by atoms with Gasteiger partial charge >= 0.3 is 5.97 Å². The summed E-state index contributed by atoms with van der Waals surface area (Å²) in [5.41, 5.74) is 0. The van der Waals surface area contributed by atoms with Crippen LogP contribution in [0.5, 0.6) is 0 Å². The zero-order valence-corrected chi connectivity index (χ0v) is 13.5. The maximum Gasteiger partial charge on any atom is 0.306 e. The molecule has 0 spiro atoms. The Morgan fingerprint density at radius 3 is 2.26 bits per heavy atom. The Hall–Kier alpha value is -1.92. The van der Waals surface area contributed by atoms with Gasteiger partial charge in [-0.2, -0.15) is 0 Å². The molecule has 2 fully saturated rings. The lowest BCUT2D eigenvalue weighted by Gasteiger charge is -2.30. The number of rotatable bonds is 6. The lowest BCUT2D eigenvalue weighted by Crippen LogP contribution is -2.38. The molecule has 1 aliphatic heterocycles. The topological polar surface area (TPSA) is 85.5 Å². The van der Waals surface area contributed by atoms with Gasteiger partial charge in [-0.1, -0.05) is 0 Å². The van der Waals surface area contributed by atoms with E-state index >= 15 is 0 Å². The van der Waals surface area contributed by atoms with E-state index in [2.05, 4.69) is 10.2 Å². The summed E-state index contributed by atoms with van der Waals surface area (Å²) in [5, 5.41) is 8.29. The number of piperidine rings is 1. The molecule has 1 aromatic rings. The molecular formula is C16H23N3O4. The number of esters is 1. The van der Waals surface area contributed by atoms with Crippen LogP contribution in [0.15, 0.2) is 4.42 Å². The van der Waals surface area contributed by atoms with Gasteiger partial charge in [-0.3, -0.25) is 9.59 Å². The van der Waals surface area contributed by atoms with Crippen molar-refractivity contribution in [1.82, 2.24) is 15.1 Å². The lowest BCUT2D eigenvalue weighted by atomic mass is 9.96. The van der Waals surface area contributed by atoms with Crippen molar-refractivity contribution in [3.05, 3.63) is 11.8 Å². The normalized spacial score (nSPS) is 18.9. The fourth-order valence-corrected chi connectivity index (χ4v) is 2.88. The van der Waals surface area contributed by atoms with E-state index in [0.29, 0.717) is 31.5 Å². The Morgan fingerprint density at radius 2 is 1.70 bits per heavy atom. The van der Waals surface area contributed by atoms with Gasteiger partial charge in [0, 0.05) is 31.3 Å². The van der Waals surface area contributed by atoms with Crippen LogP contribution in [0.3, 0.4) is 0 Å². The number of hydrogen-bond acceptors (Lipinski definition) is 6. The molecule has 0 bridgehead atoms. The fourth-order valence-electron chi connectivity index (χ4n) is 2.88.